The number of anilines is 1. The molecule has 4 aromatic rings. The Kier molecular flexibility index (Phi) is 5.44. The molecule has 0 fully saturated rings. The summed E-state index contributed by atoms with van der Waals surface area (Å²) in [4.78, 5) is 33.5. The second-order valence-electron chi connectivity index (χ2n) is 8.80. The van der Waals surface area contributed by atoms with Crippen LogP contribution in [0.4, 0.5) is 5.82 Å². The summed E-state index contributed by atoms with van der Waals surface area (Å²) in [5.74, 6) is 0.903. The zero-order valence-corrected chi connectivity index (χ0v) is 19.7. The summed E-state index contributed by atoms with van der Waals surface area (Å²) in [6.45, 7) is 8.53. The van der Waals surface area contributed by atoms with E-state index in [1.807, 2.05) is 63.2 Å². The lowest BCUT2D eigenvalue weighted by atomic mass is 9.97. The van der Waals surface area contributed by atoms with Gasteiger partial charge in [-0.25, -0.2) is 4.98 Å². The number of nitrogens with zero attached hydrogens (tertiary/aromatic N) is 2. The fourth-order valence-corrected chi connectivity index (χ4v) is 4.35. The van der Waals surface area contributed by atoms with Crippen molar-refractivity contribution in [2.45, 2.75) is 40.2 Å². The quantitative estimate of drug-likeness (QED) is 0.390. The van der Waals surface area contributed by atoms with Gasteiger partial charge in [-0.3, -0.25) is 14.5 Å². The molecule has 34 heavy (non-hydrogen) atoms. The fourth-order valence-electron chi connectivity index (χ4n) is 4.35. The minimum Gasteiger partial charge on any atom is -0.494 e. The van der Waals surface area contributed by atoms with Crippen molar-refractivity contribution in [1.82, 2.24) is 4.98 Å². The summed E-state index contributed by atoms with van der Waals surface area (Å²) in [6, 6.07) is 14.2. The van der Waals surface area contributed by atoms with Crippen LogP contribution in [-0.4, -0.2) is 17.5 Å². The number of hydrogen-bond donors (Lipinski definition) is 0. The molecule has 3 heterocycles. The van der Waals surface area contributed by atoms with Crippen LogP contribution >= 0.6 is 0 Å². The van der Waals surface area contributed by atoms with Gasteiger partial charge < -0.3 is 9.15 Å². The van der Waals surface area contributed by atoms with E-state index in [2.05, 4.69) is 11.9 Å². The van der Waals surface area contributed by atoms with E-state index in [4.69, 9.17) is 9.15 Å². The third kappa shape index (κ3) is 3.55. The molecule has 2 aromatic heterocycles. The molecule has 1 aliphatic rings. The van der Waals surface area contributed by atoms with Gasteiger partial charge in [-0.15, -0.1) is 0 Å². The molecule has 1 amide bonds. The number of carbonyl (C=O) groups excluding carboxylic acids is 1. The molecule has 0 spiro atoms. The van der Waals surface area contributed by atoms with E-state index in [1.54, 1.807) is 17.2 Å². The van der Waals surface area contributed by atoms with E-state index in [1.165, 1.54) is 0 Å². The lowest BCUT2D eigenvalue weighted by Crippen LogP contribution is -2.30. The normalized spacial score (nSPS) is 15.1. The Morgan fingerprint density at radius 1 is 1.00 bits per heavy atom. The first kappa shape index (κ1) is 21.9. The minimum absolute atomic E-state index is 0.0689. The van der Waals surface area contributed by atoms with Crippen molar-refractivity contribution in [3.63, 3.8) is 0 Å². The lowest BCUT2D eigenvalue weighted by Gasteiger charge is -2.24. The molecule has 6 nitrogen and oxygen atoms in total. The maximum absolute atomic E-state index is 13.8. The van der Waals surface area contributed by atoms with E-state index in [0.29, 0.717) is 29.0 Å². The fraction of sp³-hybridized carbons (Fsp3) is 0.250. The molecule has 6 heteroatoms. The number of benzene rings is 2. The maximum Gasteiger partial charge on any atom is 0.296 e. The molecule has 0 N–H and O–H groups in total. The largest absolute Gasteiger partial charge is 0.494 e. The Morgan fingerprint density at radius 3 is 2.41 bits per heavy atom. The smallest absolute Gasteiger partial charge is 0.296 e. The van der Waals surface area contributed by atoms with Crippen LogP contribution in [0.5, 0.6) is 5.75 Å². The van der Waals surface area contributed by atoms with E-state index in [-0.39, 0.29) is 17.1 Å². The van der Waals surface area contributed by atoms with Gasteiger partial charge in [0, 0.05) is 6.20 Å². The molecule has 0 saturated heterocycles. The van der Waals surface area contributed by atoms with Crippen LogP contribution in [0.2, 0.25) is 0 Å². The number of rotatable bonds is 5. The van der Waals surface area contributed by atoms with E-state index < -0.39 is 6.04 Å². The predicted octanol–water partition coefficient (Wildman–Crippen LogP) is 5.65. The molecule has 1 unspecified atom stereocenters. The summed E-state index contributed by atoms with van der Waals surface area (Å²) in [6.07, 6.45) is 2.62. The molecular weight excluding hydrogens is 428 g/mol. The van der Waals surface area contributed by atoms with Crippen LogP contribution in [0.25, 0.3) is 11.0 Å². The number of amides is 1. The number of carbonyl (C=O) groups is 1. The van der Waals surface area contributed by atoms with Crippen LogP contribution in [-0.2, 0) is 0 Å². The van der Waals surface area contributed by atoms with Crippen molar-refractivity contribution in [2.24, 2.45) is 0 Å². The standard InChI is InChI=1S/C28H26N2O4/c1-5-12-33-20-9-7-19(8-10-20)25-24-26(31)21-13-17(3)18(4)14-22(21)34-27(24)28(32)30(25)23-11-6-16(2)15-29-23/h6-11,13-15,25H,5,12H2,1-4H3. The molecular formula is C28H26N2O4. The van der Waals surface area contributed by atoms with Gasteiger partial charge in [0.25, 0.3) is 5.91 Å². The average molecular weight is 455 g/mol. The zero-order valence-electron chi connectivity index (χ0n) is 19.7. The number of hydrogen-bond acceptors (Lipinski definition) is 5. The van der Waals surface area contributed by atoms with Crippen molar-refractivity contribution in [3.05, 3.63) is 98.5 Å². The second-order valence-corrected chi connectivity index (χ2v) is 8.80. The summed E-state index contributed by atoms with van der Waals surface area (Å²) < 4.78 is 11.8. The Balaban J connectivity index is 1.73. The van der Waals surface area contributed by atoms with Gasteiger partial charge in [-0.1, -0.05) is 25.1 Å². The van der Waals surface area contributed by atoms with Gasteiger partial charge >= 0.3 is 0 Å². The molecule has 172 valence electrons. The molecule has 0 saturated carbocycles. The number of ether oxygens (including phenoxy) is 1. The van der Waals surface area contributed by atoms with Crippen LogP contribution in [0.3, 0.4) is 0 Å². The average Bonchev–Trinajstić information content (AvgIpc) is 3.12. The minimum atomic E-state index is -0.653. The zero-order chi connectivity index (χ0) is 24.0. The van der Waals surface area contributed by atoms with Crippen molar-refractivity contribution in [2.75, 3.05) is 11.5 Å². The highest BCUT2D eigenvalue weighted by Crippen LogP contribution is 2.41. The number of aryl methyl sites for hydroxylation is 3. The van der Waals surface area contributed by atoms with E-state index in [0.717, 1.165) is 34.4 Å². The van der Waals surface area contributed by atoms with Gasteiger partial charge in [-0.2, -0.15) is 0 Å². The van der Waals surface area contributed by atoms with Gasteiger partial charge in [0.15, 0.2) is 5.43 Å². The van der Waals surface area contributed by atoms with Gasteiger partial charge in [0.2, 0.25) is 5.76 Å². The Labute approximate surface area is 197 Å². The highest BCUT2D eigenvalue weighted by molar-refractivity contribution is 6.10. The molecule has 1 aliphatic heterocycles. The molecule has 2 aromatic carbocycles. The molecule has 5 rings (SSSR count). The van der Waals surface area contributed by atoms with Gasteiger partial charge in [0.05, 0.1) is 23.6 Å². The summed E-state index contributed by atoms with van der Waals surface area (Å²) in [5.41, 5.74) is 4.32. The highest BCUT2D eigenvalue weighted by Gasteiger charge is 2.44. The Bertz CT molecular complexity index is 1450. The first-order valence-corrected chi connectivity index (χ1v) is 11.5. The first-order valence-electron chi connectivity index (χ1n) is 11.5. The van der Waals surface area contributed by atoms with Crippen molar-refractivity contribution < 1.29 is 13.9 Å². The molecule has 0 aliphatic carbocycles. The van der Waals surface area contributed by atoms with Crippen LogP contribution in [0.1, 0.15) is 57.8 Å². The summed E-state index contributed by atoms with van der Waals surface area (Å²) >= 11 is 0. The second kappa shape index (κ2) is 8.45. The Morgan fingerprint density at radius 2 is 1.74 bits per heavy atom. The first-order chi connectivity index (χ1) is 16.4. The van der Waals surface area contributed by atoms with Crippen LogP contribution in [0, 0.1) is 20.8 Å². The number of pyridine rings is 1. The third-order valence-electron chi connectivity index (χ3n) is 6.30. The highest BCUT2D eigenvalue weighted by atomic mass is 16.5. The monoisotopic (exact) mass is 454 g/mol. The van der Waals surface area contributed by atoms with Gasteiger partial charge in [0.1, 0.15) is 17.2 Å². The number of aromatic nitrogens is 1. The van der Waals surface area contributed by atoms with Gasteiger partial charge in [-0.05, 0) is 79.8 Å². The number of fused-ring (bicyclic) bond motifs is 2. The third-order valence-corrected chi connectivity index (χ3v) is 6.30. The maximum atomic E-state index is 13.8. The van der Waals surface area contributed by atoms with Crippen molar-refractivity contribution >= 4 is 22.7 Å². The molecule has 1 atom stereocenters. The van der Waals surface area contributed by atoms with E-state index >= 15 is 0 Å². The SMILES string of the molecule is CCCOc1ccc(C2c3c(oc4cc(C)c(C)cc4c3=O)C(=O)N2c2ccc(C)cn2)cc1. The summed E-state index contributed by atoms with van der Waals surface area (Å²) in [5, 5.41) is 0.473. The van der Waals surface area contributed by atoms with Crippen molar-refractivity contribution in [3.8, 4) is 5.75 Å². The van der Waals surface area contributed by atoms with Crippen LogP contribution < -0.4 is 15.1 Å². The van der Waals surface area contributed by atoms with E-state index in [9.17, 15) is 9.59 Å². The lowest BCUT2D eigenvalue weighted by molar-refractivity contribution is 0.0970. The summed E-state index contributed by atoms with van der Waals surface area (Å²) in [7, 11) is 0. The molecule has 0 bridgehead atoms. The molecule has 0 radical (unpaired) electrons. The predicted molar refractivity (Wildman–Crippen MR) is 132 cm³/mol. The topological polar surface area (TPSA) is 72.6 Å². The Hall–Kier alpha value is -3.93. The van der Waals surface area contributed by atoms with Crippen LogP contribution in [0.15, 0.2) is 63.9 Å². The van der Waals surface area contributed by atoms with Crippen molar-refractivity contribution in [1.29, 1.82) is 0 Å².